The number of benzene rings is 1. The Balaban J connectivity index is 1.89. The molecule has 0 amide bonds. The van der Waals surface area contributed by atoms with Crippen LogP contribution in [0.3, 0.4) is 0 Å². The number of H-pyrrole nitrogens is 1. The molecule has 0 atom stereocenters. The van der Waals surface area contributed by atoms with Gasteiger partial charge >= 0.3 is 0 Å². The van der Waals surface area contributed by atoms with Crippen molar-refractivity contribution in [1.29, 1.82) is 0 Å². The van der Waals surface area contributed by atoms with Crippen molar-refractivity contribution in [3.63, 3.8) is 0 Å². The molecule has 3 nitrogen and oxygen atoms in total. The average molecular weight is 348 g/mol. The van der Waals surface area contributed by atoms with Crippen LogP contribution in [0, 0.1) is 11.2 Å². The van der Waals surface area contributed by atoms with Gasteiger partial charge in [0.05, 0.1) is 5.69 Å². The van der Waals surface area contributed by atoms with Gasteiger partial charge in [-0.25, -0.2) is 4.39 Å². The summed E-state index contributed by atoms with van der Waals surface area (Å²) in [5.74, 6) is -0.106. The summed E-state index contributed by atoms with van der Waals surface area (Å²) in [6.07, 6.45) is 5.17. The SMILES string of the molecule is CC1(C)CC(=O)c2c([nH]c(-c3ccncc3)c2Cc2ccccc2F)C1. The van der Waals surface area contributed by atoms with E-state index in [0.29, 0.717) is 18.4 Å². The van der Waals surface area contributed by atoms with Crippen molar-refractivity contribution in [2.24, 2.45) is 5.41 Å². The minimum Gasteiger partial charge on any atom is -0.358 e. The summed E-state index contributed by atoms with van der Waals surface area (Å²) in [7, 11) is 0. The lowest BCUT2D eigenvalue weighted by molar-refractivity contribution is 0.0911. The predicted octanol–water partition coefficient (Wildman–Crippen LogP) is 4.96. The van der Waals surface area contributed by atoms with Crippen molar-refractivity contribution in [3.8, 4) is 11.3 Å². The molecule has 0 saturated heterocycles. The molecule has 4 rings (SSSR count). The van der Waals surface area contributed by atoms with Gasteiger partial charge in [0.15, 0.2) is 5.78 Å². The molecule has 2 aromatic heterocycles. The number of carbonyl (C=O) groups is 1. The number of halogens is 1. The molecule has 0 spiro atoms. The van der Waals surface area contributed by atoms with Gasteiger partial charge in [-0.15, -0.1) is 0 Å². The lowest BCUT2D eigenvalue weighted by Gasteiger charge is -2.28. The van der Waals surface area contributed by atoms with E-state index in [-0.39, 0.29) is 17.0 Å². The van der Waals surface area contributed by atoms with E-state index in [0.717, 1.165) is 34.5 Å². The van der Waals surface area contributed by atoms with Crippen molar-refractivity contribution in [2.45, 2.75) is 33.1 Å². The summed E-state index contributed by atoms with van der Waals surface area (Å²) in [5.41, 5.74) is 4.99. The molecule has 1 aliphatic carbocycles. The summed E-state index contributed by atoms with van der Waals surface area (Å²) >= 11 is 0. The highest BCUT2D eigenvalue weighted by Crippen LogP contribution is 2.40. The van der Waals surface area contributed by atoms with E-state index in [2.05, 4.69) is 23.8 Å². The van der Waals surface area contributed by atoms with Crippen LogP contribution in [-0.4, -0.2) is 15.8 Å². The van der Waals surface area contributed by atoms with Gasteiger partial charge in [0.2, 0.25) is 0 Å². The molecule has 0 unspecified atom stereocenters. The predicted molar refractivity (Wildman–Crippen MR) is 99.7 cm³/mol. The molecule has 0 saturated carbocycles. The smallest absolute Gasteiger partial charge is 0.165 e. The molecule has 1 N–H and O–H groups in total. The zero-order chi connectivity index (χ0) is 18.3. The Morgan fingerprint density at radius 3 is 2.58 bits per heavy atom. The molecule has 132 valence electrons. The van der Waals surface area contributed by atoms with Gasteiger partial charge in [-0.1, -0.05) is 32.0 Å². The highest BCUT2D eigenvalue weighted by atomic mass is 19.1. The Labute approximate surface area is 152 Å². The van der Waals surface area contributed by atoms with E-state index >= 15 is 0 Å². The molecule has 26 heavy (non-hydrogen) atoms. The second-order valence-electron chi connectivity index (χ2n) is 7.78. The molecule has 1 aliphatic rings. The van der Waals surface area contributed by atoms with Gasteiger partial charge in [0.25, 0.3) is 0 Å². The Bertz CT molecular complexity index is 973. The normalized spacial score (nSPS) is 15.7. The third kappa shape index (κ3) is 2.96. The molecular weight excluding hydrogens is 327 g/mol. The summed E-state index contributed by atoms with van der Waals surface area (Å²) < 4.78 is 14.3. The Morgan fingerprint density at radius 2 is 1.85 bits per heavy atom. The maximum Gasteiger partial charge on any atom is 0.165 e. The number of hydrogen-bond acceptors (Lipinski definition) is 2. The molecule has 1 aromatic carbocycles. The fourth-order valence-electron chi connectivity index (χ4n) is 3.90. The van der Waals surface area contributed by atoms with Gasteiger partial charge < -0.3 is 4.98 Å². The maximum atomic E-state index is 14.3. The summed E-state index contributed by atoms with van der Waals surface area (Å²) in [4.78, 5) is 20.5. The summed E-state index contributed by atoms with van der Waals surface area (Å²) in [5, 5.41) is 0. The topological polar surface area (TPSA) is 45.8 Å². The molecule has 4 heteroatoms. The molecular formula is C22H21FN2O. The fourth-order valence-corrected chi connectivity index (χ4v) is 3.90. The Kier molecular flexibility index (Phi) is 3.98. The van der Waals surface area contributed by atoms with E-state index in [1.165, 1.54) is 6.07 Å². The summed E-state index contributed by atoms with van der Waals surface area (Å²) in [6.45, 7) is 4.22. The summed E-state index contributed by atoms with van der Waals surface area (Å²) in [6, 6.07) is 10.6. The zero-order valence-electron chi connectivity index (χ0n) is 15.0. The highest BCUT2D eigenvalue weighted by molar-refractivity contribution is 6.02. The number of carbonyl (C=O) groups excluding carboxylic acids is 1. The quantitative estimate of drug-likeness (QED) is 0.727. The number of aromatic amines is 1. The number of nitrogens with one attached hydrogen (secondary N) is 1. The first-order valence-corrected chi connectivity index (χ1v) is 8.85. The largest absolute Gasteiger partial charge is 0.358 e. The van der Waals surface area contributed by atoms with Crippen LogP contribution in [0.5, 0.6) is 0 Å². The number of fused-ring (bicyclic) bond motifs is 1. The van der Waals surface area contributed by atoms with Crippen LogP contribution in [-0.2, 0) is 12.8 Å². The standard InChI is InChI=1S/C22H21FN2O/c1-22(2)12-18-20(19(26)13-22)16(11-15-5-3-4-6-17(15)23)21(25-18)14-7-9-24-10-8-14/h3-10,25H,11-13H2,1-2H3. The fraction of sp³-hybridized carbons (Fsp3) is 0.273. The van der Waals surface area contributed by atoms with Gasteiger partial charge in [-0.05, 0) is 41.2 Å². The number of ketones is 1. The van der Waals surface area contributed by atoms with Crippen LogP contribution in [0.4, 0.5) is 4.39 Å². The number of pyridine rings is 1. The second kappa shape index (κ2) is 6.20. The van der Waals surface area contributed by atoms with E-state index in [1.54, 1.807) is 24.5 Å². The van der Waals surface area contributed by atoms with Gasteiger partial charge in [0, 0.05) is 42.1 Å². The first-order valence-electron chi connectivity index (χ1n) is 8.85. The third-order valence-electron chi connectivity index (χ3n) is 5.05. The van der Waals surface area contributed by atoms with Gasteiger partial charge in [0.1, 0.15) is 5.82 Å². The minimum atomic E-state index is -0.244. The molecule has 0 radical (unpaired) electrons. The zero-order valence-corrected chi connectivity index (χ0v) is 15.0. The van der Waals surface area contributed by atoms with E-state index < -0.39 is 0 Å². The van der Waals surface area contributed by atoms with Gasteiger partial charge in [-0.2, -0.15) is 0 Å². The average Bonchev–Trinajstić information content (AvgIpc) is 2.95. The second-order valence-corrected chi connectivity index (χ2v) is 7.78. The first-order chi connectivity index (χ1) is 12.4. The van der Waals surface area contributed by atoms with Crippen LogP contribution in [0.1, 0.15) is 47.4 Å². The minimum absolute atomic E-state index is 0.0697. The third-order valence-corrected chi connectivity index (χ3v) is 5.05. The number of hydrogen-bond donors (Lipinski definition) is 1. The van der Waals surface area contributed by atoms with Gasteiger partial charge in [-0.3, -0.25) is 9.78 Å². The van der Waals surface area contributed by atoms with Crippen molar-refractivity contribution >= 4 is 5.78 Å². The van der Waals surface area contributed by atoms with Crippen LogP contribution >= 0.6 is 0 Å². The van der Waals surface area contributed by atoms with Crippen LogP contribution < -0.4 is 0 Å². The monoisotopic (exact) mass is 348 g/mol. The van der Waals surface area contributed by atoms with Crippen LogP contribution in [0.15, 0.2) is 48.8 Å². The van der Waals surface area contributed by atoms with Crippen molar-refractivity contribution in [3.05, 3.63) is 77.0 Å². The van der Waals surface area contributed by atoms with Crippen molar-refractivity contribution in [2.75, 3.05) is 0 Å². The lowest BCUT2D eigenvalue weighted by Crippen LogP contribution is -2.27. The van der Waals surface area contributed by atoms with E-state index in [1.807, 2.05) is 18.2 Å². The molecule has 3 aromatic rings. The van der Waals surface area contributed by atoms with Crippen molar-refractivity contribution in [1.82, 2.24) is 9.97 Å². The van der Waals surface area contributed by atoms with Crippen LogP contribution in [0.25, 0.3) is 11.3 Å². The molecule has 0 fully saturated rings. The molecule has 2 heterocycles. The van der Waals surface area contributed by atoms with Crippen molar-refractivity contribution < 1.29 is 9.18 Å². The molecule has 0 aliphatic heterocycles. The highest BCUT2D eigenvalue weighted by Gasteiger charge is 2.35. The van der Waals surface area contributed by atoms with E-state index in [9.17, 15) is 9.18 Å². The van der Waals surface area contributed by atoms with Crippen LogP contribution in [0.2, 0.25) is 0 Å². The number of Topliss-reactive ketones (excluding diaryl/α,β-unsaturated/α-hetero) is 1. The number of nitrogens with zero attached hydrogens (tertiary/aromatic N) is 1. The first kappa shape index (κ1) is 16.7. The Hall–Kier alpha value is -2.75. The Morgan fingerprint density at radius 1 is 1.12 bits per heavy atom. The number of rotatable bonds is 3. The van der Waals surface area contributed by atoms with E-state index in [4.69, 9.17) is 0 Å². The molecule has 0 bridgehead atoms. The number of aromatic nitrogens is 2. The maximum absolute atomic E-state index is 14.3. The lowest BCUT2D eigenvalue weighted by atomic mass is 9.75.